The van der Waals surface area contributed by atoms with Gasteiger partial charge < -0.3 is 20.1 Å². The summed E-state index contributed by atoms with van der Waals surface area (Å²) in [6.45, 7) is 4.90. The highest BCUT2D eigenvalue weighted by Crippen LogP contribution is 2.28. The van der Waals surface area contributed by atoms with E-state index in [-0.39, 0.29) is 18.3 Å². The van der Waals surface area contributed by atoms with Gasteiger partial charge in [-0.2, -0.15) is 0 Å². The van der Waals surface area contributed by atoms with Gasteiger partial charge in [0.2, 0.25) is 5.91 Å². The van der Waals surface area contributed by atoms with Gasteiger partial charge in [-0.1, -0.05) is 6.92 Å². The van der Waals surface area contributed by atoms with Crippen molar-refractivity contribution in [2.24, 2.45) is 11.8 Å². The fourth-order valence-corrected chi connectivity index (χ4v) is 3.03. The Labute approximate surface area is 155 Å². The maximum atomic E-state index is 13.5. The van der Waals surface area contributed by atoms with Crippen LogP contribution < -0.4 is 15.4 Å². The van der Waals surface area contributed by atoms with Gasteiger partial charge in [0.05, 0.1) is 12.3 Å². The molecule has 0 bridgehead atoms. The van der Waals surface area contributed by atoms with E-state index in [9.17, 15) is 9.18 Å². The third kappa shape index (κ3) is 7.18. The normalized spacial score (nSPS) is 16.0. The summed E-state index contributed by atoms with van der Waals surface area (Å²) in [5.74, 6) is 0.802. The van der Waals surface area contributed by atoms with E-state index in [1.165, 1.54) is 18.2 Å². The van der Waals surface area contributed by atoms with Crippen molar-refractivity contribution in [1.82, 2.24) is 5.32 Å². The zero-order valence-electron chi connectivity index (χ0n) is 14.8. The lowest BCUT2D eigenvalue weighted by atomic mass is 9.84. The largest absolute Gasteiger partial charge is 0.489 e. The Hall–Kier alpha value is -1.37. The van der Waals surface area contributed by atoms with Crippen LogP contribution in [0, 0.1) is 17.7 Å². The number of methoxy groups -OCH3 is 1. The summed E-state index contributed by atoms with van der Waals surface area (Å²) in [7, 11) is 1.58. The highest BCUT2D eigenvalue weighted by atomic mass is 35.5. The quantitative estimate of drug-likeness (QED) is 0.686. The average molecular weight is 375 g/mol. The second-order valence-corrected chi connectivity index (χ2v) is 6.30. The molecule has 0 spiro atoms. The molecule has 1 aliphatic heterocycles. The summed E-state index contributed by atoms with van der Waals surface area (Å²) in [5.41, 5.74) is 0.369. The standard InChI is InChI=1S/C18H27FN2O3.ClH/c1-13(14-5-7-20-8-6-14)11-18(22)21-16-12-15(19)3-4-17(16)24-10-9-23-2;/h3-4,12-14,20H,5-11H2,1-2H3,(H,21,22);1H. The molecule has 5 nitrogen and oxygen atoms in total. The maximum Gasteiger partial charge on any atom is 0.224 e. The first-order valence-electron chi connectivity index (χ1n) is 8.52. The summed E-state index contributed by atoms with van der Waals surface area (Å²) in [6.07, 6.45) is 2.62. The topological polar surface area (TPSA) is 59.6 Å². The molecule has 1 fully saturated rings. The van der Waals surface area contributed by atoms with E-state index in [0.717, 1.165) is 25.9 Å². The fourth-order valence-electron chi connectivity index (χ4n) is 3.03. The van der Waals surface area contributed by atoms with Gasteiger partial charge in [-0.15, -0.1) is 12.4 Å². The Kier molecular flexibility index (Phi) is 9.78. The van der Waals surface area contributed by atoms with E-state index in [0.29, 0.717) is 42.9 Å². The molecule has 1 heterocycles. The number of amides is 1. The van der Waals surface area contributed by atoms with E-state index in [4.69, 9.17) is 9.47 Å². The molecular weight excluding hydrogens is 347 g/mol. The lowest BCUT2D eigenvalue weighted by Gasteiger charge is -2.28. The molecule has 1 aromatic carbocycles. The minimum absolute atomic E-state index is 0. The van der Waals surface area contributed by atoms with Gasteiger partial charge in [-0.05, 0) is 49.9 Å². The van der Waals surface area contributed by atoms with Crippen molar-refractivity contribution in [3.05, 3.63) is 24.0 Å². The van der Waals surface area contributed by atoms with Crippen LogP contribution in [0.1, 0.15) is 26.2 Å². The minimum Gasteiger partial charge on any atom is -0.489 e. The summed E-state index contributed by atoms with van der Waals surface area (Å²) in [4.78, 5) is 12.3. The Morgan fingerprint density at radius 2 is 2.08 bits per heavy atom. The monoisotopic (exact) mass is 374 g/mol. The number of hydrogen-bond acceptors (Lipinski definition) is 4. The molecule has 25 heavy (non-hydrogen) atoms. The van der Waals surface area contributed by atoms with Crippen LogP contribution in [0.3, 0.4) is 0 Å². The molecule has 2 N–H and O–H groups in total. The van der Waals surface area contributed by atoms with Gasteiger partial charge in [0, 0.05) is 19.6 Å². The van der Waals surface area contributed by atoms with E-state index in [2.05, 4.69) is 17.6 Å². The van der Waals surface area contributed by atoms with Crippen molar-refractivity contribution >= 4 is 24.0 Å². The SMILES string of the molecule is COCCOc1ccc(F)cc1NC(=O)CC(C)C1CCNCC1.Cl. The van der Waals surface area contributed by atoms with Gasteiger partial charge in [-0.3, -0.25) is 4.79 Å². The Morgan fingerprint density at radius 3 is 2.76 bits per heavy atom. The third-order valence-corrected chi connectivity index (χ3v) is 4.46. The molecule has 0 radical (unpaired) electrons. The van der Waals surface area contributed by atoms with Crippen LogP contribution in [0.2, 0.25) is 0 Å². The van der Waals surface area contributed by atoms with Crippen molar-refractivity contribution in [3.63, 3.8) is 0 Å². The van der Waals surface area contributed by atoms with E-state index >= 15 is 0 Å². The van der Waals surface area contributed by atoms with Crippen LogP contribution in [0.25, 0.3) is 0 Å². The predicted molar refractivity (Wildman–Crippen MR) is 99.0 cm³/mol. The summed E-state index contributed by atoms with van der Waals surface area (Å²) in [6, 6.07) is 4.13. The second kappa shape index (κ2) is 11.3. The number of carbonyl (C=O) groups excluding carboxylic acids is 1. The smallest absolute Gasteiger partial charge is 0.224 e. The van der Waals surface area contributed by atoms with E-state index in [1.54, 1.807) is 7.11 Å². The highest BCUT2D eigenvalue weighted by Gasteiger charge is 2.22. The average Bonchev–Trinajstić information content (AvgIpc) is 2.57. The lowest BCUT2D eigenvalue weighted by Crippen LogP contribution is -2.32. The number of halogens is 2. The molecular formula is C18H28ClFN2O3. The van der Waals surface area contributed by atoms with E-state index in [1.807, 2.05) is 0 Å². The number of anilines is 1. The molecule has 1 aromatic rings. The third-order valence-electron chi connectivity index (χ3n) is 4.46. The van der Waals surface area contributed by atoms with Gasteiger partial charge in [-0.25, -0.2) is 4.39 Å². The second-order valence-electron chi connectivity index (χ2n) is 6.30. The molecule has 1 amide bonds. The van der Waals surface area contributed by atoms with Gasteiger partial charge >= 0.3 is 0 Å². The Balaban J connectivity index is 0.00000312. The van der Waals surface area contributed by atoms with Crippen LogP contribution in [0.5, 0.6) is 5.75 Å². The van der Waals surface area contributed by atoms with Crippen molar-refractivity contribution < 1.29 is 18.7 Å². The first kappa shape index (κ1) is 21.7. The summed E-state index contributed by atoms with van der Waals surface area (Å²) in [5, 5.41) is 6.12. The van der Waals surface area contributed by atoms with Crippen molar-refractivity contribution in [2.45, 2.75) is 26.2 Å². The molecule has 1 aliphatic rings. The maximum absolute atomic E-state index is 13.5. The number of rotatable bonds is 8. The Morgan fingerprint density at radius 1 is 1.36 bits per heavy atom. The lowest BCUT2D eigenvalue weighted by molar-refractivity contribution is -0.117. The van der Waals surface area contributed by atoms with Crippen molar-refractivity contribution in [2.75, 3.05) is 38.7 Å². The first-order valence-corrected chi connectivity index (χ1v) is 8.52. The van der Waals surface area contributed by atoms with Crippen LogP contribution >= 0.6 is 12.4 Å². The summed E-state index contributed by atoms with van der Waals surface area (Å²) >= 11 is 0. The van der Waals surface area contributed by atoms with Gasteiger partial charge in [0.25, 0.3) is 0 Å². The molecule has 2 rings (SSSR count). The van der Waals surface area contributed by atoms with Crippen molar-refractivity contribution in [1.29, 1.82) is 0 Å². The molecule has 1 atom stereocenters. The number of carbonyl (C=O) groups is 1. The number of benzene rings is 1. The number of hydrogen-bond donors (Lipinski definition) is 2. The predicted octanol–water partition coefficient (Wildman–Crippen LogP) is 3.24. The van der Waals surface area contributed by atoms with Crippen LogP contribution in [0.4, 0.5) is 10.1 Å². The zero-order chi connectivity index (χ0) is 17.4. The van der Waals surface area contributed by atoms with E-state index < -0.39 is 5.82 Å². The first-order chi connectivity index (χ1) is 11.6. The molecule has 0 aliphatic carbocycles. The molecule has 0 aromatic heterocycles. The minimum atomic E-state index is -0.407. The molecule has 0 saturated carbocycles. The van der Waals surface area contributed by atoms with Gasteiger partial charge in [0.15, 0.2) is 0 Å². The number of ether oxygens (including phenoxy) is 2. The van der Waals surface area contributed by atoms with Crippen LogP contribution in [-0.4, -0.2) is 39.3 Å². The highest BCUT2D eigenvalue weighted by molar-refractivity contribution is 5.92. The summed E-state index contributed by atoms with van der Waals surface area (Å²) < 4.78 is 24.0. The molecule has 142 valence electrons. The molecule has 7 heteroatoms. The Bertz CT molecular complexity index is 539. The molecule has 1 unspecified atom stereocenters. The van der Waals surface area contributed by atoms with Crippen LogP contribution in [0.15, 0.2) is 18.2 Å². The van der Waals surface area contributed by atoms with Crippen molar-refractivity contribution in [3.8, 4) is 5.75 Å². The number of nitrogens with one attached hydrogen (secondary N) is 2. The van der Waals surface area contributed by atoms with Crippen LogP contribution in [-0.2, 0) is 9.53 Å². The zero-order valence-corrected chi connectivity index (χ0v) is 15.7. The molecule has 1 saturated heterocycles. The fraction of sp³-hybridized carbons (Fsp3) is 0.611. The van der Waals surface area contributed by atoms with Gasteiger partial charge in [0.1, 0.15) is 18.2 Å². The number of piperidine rings is 1.